The predicted octanol–water partition coefficient (Wildman–Crippen LogP) is 1.77. The standard InChI is InChI=1S/C13H19N3O/c1-11-3-5-12(6-4-11)14-13(17)16-9-7-15(2)8-10-16/h3-6H,7-10H2,1-2H3,(H,14,17). The summed E-state index contributed by atoms with van der Waals surface area (Å²) in [6.07, 6.45) is 0. The Morgan fingerprint density at radius 1 is 1.12 bits per heavy atom. The summed E-state index contributed by atoms with van der Waals surface area (Å²) in [4.78, 5) is 16.0. The SMILES string of the molecule is Cc1ccc(NC(=O)N2CCN(C)CC2)cc1. The summed E-state index contributed by atoms with van der Waals surface area (Å²) in [6.45, 7) is 5.52. The Morgan fingerprint density at radius 2 is 1.71 bits per heavy atom. The minimum Gasteiger partial charge on any atom is -0.322 e. The zero-order valence-electron chi connectivity index (χ0n) is 10.4. The summed E-state index contributed by atoms with van der Waals surface area (Å²) < 4.78 is 0. The van der Waals surface area contributed by atoms with Gasteiger partial charge in [-0.25, -0.2) is 4.79 Å². The second kappa shape index (κ2) is 5.19. The van der Waals surface area contributed by atoms with Gasteiger partial charge in [-0.3, -0.25) is 0 Å². The number of amides is 2. The van der Waals surface area contributed by atoms with E-state index in [1.807, 2.05) is 36.1 Å². The Morgan fingerprint density at radius 3 is 2.29 bits per heavy atom. The van der Waals surface area contributed by atoms with Crippen LogP contribution in [0.1, 0.15) is 5.56 Å². The van der Waals surface area contributed by atoms with Crippen LogP contribution >= 0.6 is 0 Å². The van der Waals surface area contributed by atoms with Gasteiger partial charge in [-0.2, -0.15) is 0 Å². The number of likely N-dealkylation sites (N-methyl/N-ethyl adjacent to an activating group) is 1. The molecule has 0 atom stereocenters. The number of piperazine rings is 1. The van der Waals surface area contributed by atoms with E-state index < -0.39 is 0 Å². The van der Waals surface area contributed by atoms with Crippen LogP contribution in [0.3, 0.4) is 0 Å². The lowest BCUT2D eigenvalue weighted by atomic mass is 10.2. The van der Waals surface area contributed by atoms with Crippen molar-refractivity contribution in [2.45, 2.75) is 6.92 Å². The largest absolute Gasteiger partial charge is 0.322 e. The van der Waals surface area contributed by atoms with Crippen LogP contribution in [0, 0.1) is 6.92 Å². The topological polar surface area (TPSA) is 35.6 Å². The molecule has 1 fully saturated rings. The number of aryl methyl sites for hydroxylation is 1. The molecule has 2 amide bonds. The third-order valence-corrected chi connectivity index (χ3v) is 3.09. The predicted molar refractivity (Wildman–Crippen MR) is 69.3 cm³/mol. The number of carbonyl (C=O) groups excluding carboxylic acids is 1. The van der Waals surface area contributed by atoms with Gasteiger partial charge in [0, 0.05) is 31.9 Å². The lowest BCUT2D eigenvalue weighted by Crippen LogP contribution is -2.48. The van der Waals surface area contributed by atoms with Gasteiger partial charge in [-0.1, -0.05) is 17.7 Å². The highest BCUT2D eigenvalue weighted by atomic mass is 16.2. The first-order valence-electron chi connectivity index (χ1n) is 5.96. The highest BCUT2D eigenvalue weighted by molar-refractivity contribution is 5.89. The van der Waals surface area contributed by atoms with E-state index in [1.54, 1.807) is 0 Å². The van der Waals surface area contributed by atoms with E-state index in [1.165, 1.54) is 5.56 Å². The lowest BCUT2D eigenvalue weighted by molar-refractivity contribution is 0.164. The molecule has 0 spiro atoms. The maximum Gasteiger partial charge on any atom is 0.321 e. The summed E-state index contributed by atoms with van der Waals surface area (Å²) in [5.41, 5.74) is 2.06. The van der Waals surface area contributed by atoms with Crippen molar-refractivity contribution in [1.29, 1.82) is 0 Å². The quantitative estimate of drug-likeness (QED) is 0.802. The summed E-state index contributed by atoms with van der Waals surface area (Å²) in [6, 6.07) is 7.87. The molecule has 1 saturated heterocycles. The van der Waals surface area contributed by atoms with Gasteiger partial charge in [0.1, 0.15) is 0 Å². The number of anilines is 1. The van der Waals surface area contributed by atoms with E-state index in [0.29, 0.717) is 0 Å². The second-order valence-electron chi connectivity index (χ2n) is 4.59. The van der Waals surface area contributed by atoms with Crippen LogP contribution < -0.4 is 5.32 Å². The fraction of sp³-hybridized carbons (Fsp3) is 0.462. The Hall–Kier alpha value is -1.55. The van der Waals surface area contributed by atoms with Gasteiger partial charge < -0.3 is 15.1 Å². The Kier molecular flexibility index (Phi) is 3.64. The molecule has 92 valence electrons. The lowest BCUT2D eigenvalue weighted by Gasteiger charge is -2.32. The van der Waals surface area contributed by atoms with Crippen LogP contribution in [0.2, 0.25) is 0 Å². The molecular formula is C13H19N3O. The highest BCUT2D eigenvalue weighted by Crippen LogP contribution is 2.10. The Bertz CT molecular complexity index is 380. The number of urea groups is 1. The van der Waals surface area contributed by atoms with Crippen molar-refractivity contribution in [3.05, 3.63) is 29.8 Å². The van der Waals surface area contributed by atoms with Gasteiger partial charge in [0.2, 0.25) is 0 Å². The van der Waals surface area contributed by atoms with E-state index in [0.717, 1.165) is 31.9 Å². The van der Waals surface area contributed by atoms with Crippen molar-refractivity contribution < 1.29 is 4.79 Å². The van der Waals surface area contributed by atoms with Crippen LogP contribution in [0.25, 0.3) is 0 Å². The smallest absolute Gasteiger partial charge is 0.321 e. The molecule has 1 aliphatic rings. The maximum atomic E-state index is 12.0. The molecule has 0 aromatic heterocycles. The molecule has 1 heterocycles. The molecular weight excluding hydrogens is 214 g/mol. The Balaban J connectivity index is 1.90. The van der Waals surface area contributed by atoms with Crippen molar-refractivity contribution in [1.82, 2.24) is 9.80 Å². The van der Waals surface area contributed by atoms with Crippen molar-refractivity contribution in [3.63, 3.8) is 0 Å². The molecule has 17 heavy (non-hydrogen) atoms. The second-order valence-corrected chi connectivity index (χ2v) is 4.59. The van der Waals surface area contributed by atoms with Crippen LogP contribution in [0.5, 0.6) is 0 Å². The van der Waals surface area contributed by atoms with E-state index >= 15 is 0 Å². The van der Waals surface area contributed by atoms with Gasteiger partial charge in [0.25, 0.3) is 0 Å². The fourth-order valence-electron chi connectivity index (χ4n) is 1.85. The van der Waals surface area contributed by atoms with E-state index in [2.05, 4.69) is 17.3 Å². The van der Waals surface area contributed by atoms with Crippen molar-refractivity contribution in [2.24, 2.45) is 0 Å². The third-order valence-electron chi connectivity index (χ3n) is 3.09. The van der Waals surface area contributed by atoms with Gasteiger partial charge >= 0.3 is 6.03 Å². The average molecular weight is 233 g/mol. The molecule has 1 aliphatic heterocycles. The van der Waals surface area contributed by atoms with E-state index in [4.69, 9.17) is 0 Å². The molecule has 0 unspecified atom stereocenters. The number of hydrogen-bond acceptors (Lipinski definition) is 2. The highest BCUT2D eigenvalue weighted by Gasteiger charge is 2.18. The first-order chi connectivity index (χ1) is 8.15. The van der Waals surface area contributed by atoms with Gasteiger partial charge in [-0.15, -0.1) is 0 Å². The van der Waals surface area contributed by atoms with E-state index in [-0.39, 0.29) is 6.03 Å². The molecule has 0 radical (unpaired) electrons. The van der Waals surface area contributed by atoms with Crippen molar-refractivity contribution in [2.75, 3.05) is 38.5 Å². The number of benzene rings is 1. The molecule has 1 N–H and O–H groups in total. The molecule has 4 nitrogen and oxygen atoms in total. The summed E-state index contributed by atoms with van der Waals surface area (Å²) in [7, 11) is 2.08. The van der Waals surface area contributed by atoms with E-state index in [9.17, 15) is 4.79 Å². The van der Waals surface area contributed by atoms with Gasteiger partial charge in [-0.05, 0) is 26.1 Å². The molecule has 2 rings (SSSR count). The first kappa shape index (κ1) is 11.9. The maximum absolute atomic E-state index is 12.0. The number of carbonyl (C=O) groups is 1. The average Bonchev–Trinajstić information content (AvgIpc) is 2.33. The van der Waals surface area contributed by atoms with Crippen molar-refractivity contribution >= 4 is 11.7 Å². The van der Waals surface area contributed by atoms with Crippen LogP contribution in [0.15, 0.2) is 24.3 Å². The molecule has 1 aromatic rings. The summed E-state index contributed by atoms with van der Waals surface area (Å²) in [5, 5.41) is 2.92. The number of rotatable bonds is 1. The van der Waals surface area contributed by atoms with Gasteiger partial charge in [0.05, 0.1) is 0 Å². The number of nitrogens with one attached hydrogen (secondary N) is 1. The van der Waals surface area contributed by atoms with Crippen LogP contribution in [0.4, 0.5) is 10.5 Å². The molecule has 1 aromatic carbocycles. The molecule has 0 bridgehead atoms. The van der Waals surface area contributed by atoms with Crippen LogP contribution in [-0.2, 0) is 0 Å². The number of nitrogens with zero attached hydrogens (tertiary/aromatic N) is 2. The summed E-state index contributed by atoms with van der Waals surface area (Å²) in [5.74, 6) is 0. The minimum atomic E-state index is 0.00181. The first-order valence-corrected chi connectivity index (χ1v) is 5.96. The zero-order valence-corrected chi connectivity index (χ0v) is 10.4. The minimum absolute atomic E-state index is 0.00181. The van der Waals surface area contributed by atoms with Gasteiger partial charge in [0.15, 0.2) is 0 Å². The molecule has 0 saturated carbocycles. The summed E-state index contributed by atoms with van der Waals surface area (Å²) >= 11 is 0. The normalized spacial score (nSPS) is 16.9. The van der Waals surface area contributed by atoms with Crippen molar-refractivity contribution in [3.8, 4) is 0 Å². The zero-order chi connectivity index (χ0) is 12.3. The molecule has 4 heteroatoms. The fourth-order valence-corrected chi connectivity index (χ4v) is 1.85. The molecule has 0 aliphatic carbocycles. The van der Waals surface area contributed by atoms with Crippen LogP contribution in [-0.4, -0.2) is 49.1 Å². The third kappa shape index (κ3) is 3.20. The monoisotopic (exact) mass is 233 g/mol. The number of hydrogen-bond donors (Lipinski definition) is 1. The Labute approximate surface area is 102 Å².